The summed E-state index contributed by atoms with van der Waals surface area (Å²) in [5.74, 6) is -0.881. The first-order valence-electron chi connectivity index (χ1n) is 10.6. The van der Waals surface area contributed by atoms with Gasteiger partial charge in [0.2, 0.25) is 11.8 Å². The number of amides is 2. The molecule has 6 nitrogen and oxygen atoms in total. The van der Waals surface area contributed by atoms with E-state index in [4.69, 9.17) is 0 Å². The summed E-state index contributed by atoms with van der Waals surface area (Å²) in [5.41, 5.74) is 2.52. The number of allylic oxidation sites excluding steroid dienone is 1. The van der Waals surface area contributed by atoms with Crippen LogP contribution in [0.3, 0.4) is 0 Å². The summed E-state index contributed by atoms with van der Waals surface area (Å²) in [6.07, 6.45) is 0.0880. The van der Waals surface area contributed by atoms with Crippen LogP contribution < -0.4 is 10.2 Å². The van der Waals surface area contributed by atoms with Gasteiger partial charge in [0.05, 0.1) is 31.4 Å². The number of nitrogens with one attached hydrogen (secondary N) is 1. The molecule has 2 amide bonds. The van der Waals surface area contributed by atoms with E-state index >= 15 is 0 Å². The topological polar surface area (TPSA) is 93.4 Å². The number of aromatic hydroxyl groups is 1. The number of nitriles is 1. The van der Waals surface area contributed by atoms with Crippen molar-refractivity contribution in [3.63, 3.8) is 0 Å². The van der Waals surface area contributed by atoms with E-state index in [0.717, 1.165) is 23.1 Å². The fraction of sp³-hybridized carbons (Fsp3) is 0.115. The van der Waals surface area contributed by atoms with Gasteiger partial charge < -0.3 is 10.4 Å². The van der Waals surface area contributed by atoms with E-state index in [-0.39, 0.29) is 29.7 Å². The minimum Gasteiger partial charge on any atom is -0.506 e. The summed E-state index contributed by atoms with van der Waals surface area (Å²) in [6, 6.07) is 24.2. The van der Waals surface area contributed by atoms with Crippen molar-refractivity contribution >= 4 is 66.8 Å². The average Bonchev–Trinajstić information content (AvgIpc) is 2.87. The molecule has 3 aromatic carbocycles. The Morgan fingerprint density at radius 3 is 2.11 bits per heavy atom. The Bertz CT molecular complexity index is 1280. The first-order chi connectivity index (χ1) is 16.9. The summed E-state index contributed by atoms with van der Waals surface area (Å²) >= 11 is 7.75. The smallest absolute Gasteiger partial charge is 0.241 e. The van der Waals surface area contributed by atoms with Crippen LogP contribution in [0.15, 0.2) is 92.3 Å². The molecule has 0 bridgehead atoms. The number of anilines is 2. The Balaban J connectivity index is 1.63. The van der Waals surface area contributed by atoms with Crippen LogP contribution in [0.1, 0.15) is 17.9 Å². The van der Waals surface area contributed by atoms with E-state index in [0.29, 0.717) is 25.1 Å². The van der Waals surface area contributed by atoms with E-state index in [1.807, 2.05) is 60.7 Å². The second-order valence-corrected chi connectivity index (χ2v) is 10.4. The van der Waals surface area contributed by atoms with Crippen molar-refractivity contribution in [1.82, 2.24) is 5.32 Å². The molecular formula is C26H19Br2N3O3S. The molecule has 0 aliphatic carbocycles. The molecule has 1 atom stereocenters. The zero-order valence-electron chi connectivity index (χ0n) is 18.2. The molecule has 0 spiro atoms. The Kier molecular flexibility index (Phi) is 7.96. The van der Waals surface area contributed by atoms with Crippen molar-refractivity contribution in [2.24, 2.45) is 0 Å². The molecule has 0 radical (unpaired) electrons. The second-order valence-electron chi connectivity index (χ2n) is 7.68. The van der Waals surface area contributed by atoms with Crippen LogP contribution in [0.4, 0.5) is 11.4 Å². The van der Waals surface area contributed by atoms with Crippen molar-refractivity contribution in [3.05, 3.63) is 97.9 Å². The van der Waals surface area contributed by atoms with Crippen LogP contribution in [0.2, 0.25) is 0 Å². The van der Waals surface area contributed by atoms with Crippen molar-refractivity contribution in [1.29, 1.82) is 5.26 Å². The van der Waals surface area contributed by atoms with E-state index in [9.17, 15) is 20.0 Å². The minimum absolute atomic E-state index is 0.0142. The van der Waals surface area contributed by atoms with Gasteiger partial charge in [-0.25, -0.2) is 0 Å². The van der Waals surface area contributed by atoms with Gasteiger partial charge in [0.15, 0.2) is 0 Å². The van der Waals surface area contributed by atoms with Crippen LogP contribution in [0.25, 0.3) is 0 Å². The largest absolute Gasteiger partial charge is 0.506 e. The van der Waals surface area contributed by atoms with E-state index in [2.05, 4.69) is 43.2 Å². The molecule has 2 N–H and O–H groups in total. The van der Waals surface area contributed by atoms with Gasteiger partial charge >= 0.3 is 0 Å². The SMILES string of the molecule is N#CC1=C(SCC(=O)N(c2ccccc2)c2ccccc2)NC(=O)C[C@H]1c1cc(Br)c(O)c(Br)c1. The highest BCUT2D eigenvalue weighted by Crippen LogP contribution is 2.41. The van der Waals surface area contributed by atoms with Gasteiger partial charge in [0, 0.05) is 23.7 Å². The first kappa shape index (κ1) is 25.0. The van der Waals surface area contributed by atoms with Crippen molar-refractivity contribution in [2.75, 3.05) is 10.7 Å². The van der Waals surface area contributed by atoms with Crippen molar-refractivity contribution < 1.29 is 14.7 Å². The Morgan fingerprint density at radius 1 is 1.06 bits per heavy atom. The van der Waals surface area contributed by atoms with Crippen LogP contribution in [0, 0.1) is 11.3 Å². The predicted molar refractivity (Wildman–Crippen MR) is 144 cm³/mol. The lowest BCUT2D eigenvalue weighted by atomic mass is 9.87. The number of nitrogens with zero attached hydrogens (tertiary/aromatic N) is 2. The number of benzene rings is 3. The Morgan fingerprint density at radius 2 is 1.60 bits per heavy atom. The van der Waals surface area contributed by atoms with E-state index in [1.54, 1.807) is 17.0 Å². The summed E-state index contributed by atoms with van der Waals surface area (Å²) in [6.45, 7) is 0. The molecule has 0 unspecified atom stereocenters. The lowest BCUT2D eigenvalue weighted by Gasteiger charge is -2.27. The molecule has 3 aromatic rings. The molecule has 35 heavy (non-hydrogen) atoms. The van der Waals surface area contributed by atoms with Gasteiger partial charge in [-0.2, -0.15) is 5.26 Å². The highest BCUT2D eigenvalue weighted by Gasteiger charge is 2.31. The van der Waals surface area contributed by atoms with Gasteiger partial charge in [-0.05, 0) is 73.8 Å². The van der Waals surface area contributed by atoms with Crippen LogP contribution in [-0.4, -0.2) is 22.7 Å². The van der Waals surface area contributed by atoms with Gasteiger partial charge in [0.25, 0.3) is 0 Å². The molecule has 4 rings (SSSR count). The summed E-state index contributed by atoms with van der Waals surface area (Å²) < 4.78 is 0.909. The van der Waals surface area contributed by atoms with Gasteiger partial charge in [-0.3, -0.25) is 14.5 Å². The molecular weight excluding hydrogens is 594 g/mol. The maximum Gasteiger partial charge on any atom is 0.241 e. The maximum absolute atomic E-state index is 13.4. The third-order valence-corrected chi connectivity index (χ3v) is 7.63. The van der Waals surface area contributed by atoms with Gasteiger partial charge in [0.1, 0.15) is 5.75 Å². The number of carbonyl (C=O) groups is 2. The van der Waals surface area contributed by atoms with Gasteiger partial charge in [-0.1, -0.05) is 48.2 Å². The quantitative estimate of drug-likeness (QED) is 0.338. The molecule has 176 valence electrons. The van der Waals surface area contributed by atoms with Crippen LogP contribution >= 0.6 is 43.6 Å². The summed E-state index contributed by atoms with van der Waals surface area (Å²) in [5, 5.41) is 23.1. The zero-order valence-corrected chi connectivity index (χ0v) is 22.2. The fourth-order valence-electron chi connectivity index (χ4n) is 3.79. The van der Waals surface area contributed by atoms with Crippen molar-refractivity contribution in [3.8, 4) is 11.8 Å². The number of para-hydroxylation sites is 2. The number of hydrogen-bond donors (Lipinski definition) is 2. The number of hydrogen-bond acceptors (Lipinski definition) is 5. The van der Waals surface area contributed by atoms with Crippen LogP contribution in [0.5, 0.6) is 5.75 Å². The number of thioether (sulfide) groups is 1. The molecule has 0 aromatic heterocycles. The predicted octanol–water partition coefficient (Wildman–Crippen LogP) is 6.35. The highest BCUT2D eigenvalue weighted by atomic mass is 79.9. The standard InChI is InChI=1S/C26H19Br2N3O3S/c27-21-11-16(12-22(28)25(21)34)19-13-23(32)30-26(20(19)14-29)35-15-24(33)31(17-7-3-1-4-8-17)18-9-5-2-6-10-18/h1-12,19,34H,13,15H2,(H,30,32)/t19-/m0/s1. The van der Waals surface area contributed by atoms with E-state index in [1.165, 1.54) is 0 Å². The third-order valence-electron chi connectivity index (χ3n) is 5.42. The molecule has 1 heterocycles. The highest BCUT2D eigenvalue weighted by molar-refractivity contribution is 9.11. The molecule has 9 heteroatoms. The average molecular weight is 613 g/mol. The molecule has 0 saturated heterocycles. The van der Waals surface area contributed by atoms with Crippen LogP contribution in [-0.2, 0) is 9.59 Å². The number of carbonyl (C=O) groups excluding carboxylic acids is 2. The minimum atomic E-state index is -0.501. The molecule has 1 aliphatic rings. The zero-order chi connectivity index (χ0) is 24.9. The summed E-state index contributed by atoms with van der Waals surface area (Å²) in [7, 11) is 0. The fourth-order valence-corrected chi connectivity index (χ4v) is 5.94. The maximum atomic E-state index is 13.4. The Labute approximate surface area is 223 Å². The molecule has 1 aliphatic heterocycles. The normalized spacial score (nSPS) is 15.3. The monoisotopic (exact) mass is 611 g/mol. The first-order valence-corrected chi connectivity index (χ1v) is 13.1. The third kappa shape index (κ3) is 5.61. The molecule has 0 fully saturated rings. The van der Waals surface area contributed by atoms with Crippen molar-refractivity contribution in [2.45, 2.75) is 12.3 Å². The lowest BCUT2D eigenvalue weighted by molar-refractivity contribution is -0.121. The number of phenolic OH excluding ortho intramolecular Hbond substituents is 1. The lowest BCUT2D eigenvalue weighted by Crippen LogP contribution is -2.32. The number of halogens is 2. The second kappa shape index (κ2) is 11.1. The molecule has 0 saturated carbocycles. The Hall–Kier alpha value is -3.06. The van der Waals surface area contributed by atoms with E-state index < -0.39 is 5.92 Å². The number of rotatable bonds is 6. The summed E-state index contributed by atoms with van der Waals surface area (Å²) in [4.78, 5) is 27.6. The van der Waals surface area contributed by atoms with Gasteiger partial charge in [-0.15, -0.1) is 0 Å². The number of phenols is 1.